The quantitative estimate of drug-likeness (QED) is 0.808. The van der Waals surface area contributed by atoms with E-state index in [4.69, 9.17) is 5.73 Å². The Morgan fingerprint density at radius 3 is 2.68 bits per heavy atom. The molecule has 3 atom stereocenters. The van der Waals surface area contributed by atoms with Gasteiger partial charge in [-0.05, 0) is 55.6 Å². The van der Waals surface area contributed by atoms with Crippen molar-refractivity contribution in [3.05, 3.63) is 23.0 Å². The molecule has 3 rings (SSSR count). The molecule has 0 aromatic carbocycles. The highest BCUT2D eigenvalue weighted by atomic mass is 15.1. The molecule has 1 aromatic heterocycles. The number of rotatable bonds is 1. The summed E-state index contributed by atoms with van der Waals surface area (Å²) >= 11 is 0. The van der Waals surface area contributed by atoms with Crippen LogP contribution in [-0.4, -0.2) is 4.57 Å². The maximum Gasteiger partial charge on any atom is 0.0361 e. The predicted molar refractivity (Wildman–Crippen MR) is 80.3 cm³/mol. The molecule has 0 aliphatic heterocycles. The molecule has 3 unspecified atom stereocenters. The lowest BCUT2D eigenvalue weighted by Crippen LogP contribution is -2.31. The van der Waals surface area contributed by atoms with Crippen LogP contribution in [0.25, 0.3) is 0 Å². The van der Waals surface area contributed by atoms with E-state index >= 15 is 0 Å². The Morgan fingerprint density at radius 2 is 2.05 bits per heavy atom. The third-order valence-electron chi connectivity index (χ3n) is 5.33. The van der Waals surface area contributed by atoms with E-state index in [2.05, 4.69) is 38.3 Å². The second-order valence-electron chi connectivity index (χ2n) is 7.68. The zero-order valence-corrected chi connectivity index (χ0v) is 12.9. The summed E-state index contributed by atoms with van der Waals surface area (Å²) in [7, 11) is 0. The first-order chi connectivity index (χ1) is 8.89. The summed E-state index contributed by atoms with van der Waals surface area (Å²) in [6.45, 7) is 9.40. The van der Waals surface area contributed by atoms with Gasteiger partial charge in [-0.1, -0.05) is 27.2 Å². The molecule has 1 heterocycles. The molecular weight excluding hydrogens is 232 g/mol. The fourth-order valence-electron chi connectivity index (χ4n) is 4.44. The first-order valence-electron chi connectivity index (χ1n) is 7.85. The first kappa shape index (κ1) is 13.2. The van der Waals surface area contributed by atoms with Gasteiger partial charge in [0.15, 0.2) is 0 Å². The summed E-state index contributed by atoms with van der Waals surface area (Å²) in [4.78, 5) is 0. The van der Waals surface area contributed by atoms with E-state index in [1.165, 1.54) is 36.9 Å². The van der Waals surface area contributed by atoms with Gasteiger partial charge in [0.1, 0.15) is 0 Å². The molecule has 19 heavy (non-hydrogen) atoms. The third-order valence-corrected chi connectivity index (χ3v) is 5.33. The van der Waals surface area contributed by atoms with Crippen molar-refractivity contribution in [2.75, 3.05) is 0 Å². The van der Waals surface area contributed by atoms with Gasteiger partial charge in [0.25, 0.3) is 0 Å². The van der Waals surface area contributed by atoms with E-state index in [9.17, 15) is 0 Å². The van der Waals surface area contributed by atoms with Gasteiger partial charge < -0.3 is 10.3 Å². The number of nitrogens with two attached hydrogens (primary N) is 1. The van der Waals surface area contributed by atoms with Crippen molar-refractivity contribution in [2.45, 2.75) is 71.9 Å². The molecule has 2 aliphatic carbocycles. The van der Waals surface area contributed by atoms with Gasteiger partial charge in [-0.2, -0.15) is 0 Å². The summed E-state index contributed by atoms with van der Waals surface area (Å²) < 4.78 is 2.65. The van der Waals surface area contributed by atoms with Crippen LogP contribution in [0, 0.1) is 18.3 Å². The van der Waals surface area contributed by atoms with Gasteiger partial charge in [0, 0.05) is 23.5 Å². The molecular formula is C17H28N2. The van der Waals surface area contributed by atoms with Crippen LogP contribution in [-0.2, 0) is 6.42 Å². The average molecular weight is 260 g/mol. The van der Waals surface area contributed by atoms with Gasteiger partial charge in [-0.15, -0.1) is 0 Å². The highest BCUT2D eigenvalue weighted by molar-refractivity contribution is 5.35. The molecule has 1 aromatic rings. The van der Waals surface area contributed by atoms with Crippen molar-refractivity contribution in [1.82, 2.24) is 4.57 Å². The second kappa shape index (κ2) is 4.37. The molecule has 0 bridgehead atoms. The van der Waals surface area contributed by atoms with Crippen LogP contribution in [0.2, 0.25) is 0 Å². The standard InChI is InChI=1S/C17H28N2/c1-11-6-5-7-15(11)19-12(2)8-13-14(18)9-17(3,4)10-16(13)19/h8,11,14-15H,5-7,9-10,18H2,1-4H3. The van der Waals surface area contributed by atoms with Crippen molar-refractivity contribution in [3.63, 3.8) is 0 Å². The predicted octanol–water partition coefficient (Wildman–Crippen LogP) is 4.13. The fourth-order valence-corrected chi connectivity index (χ4v) is 4.44. The van der Waals surface area contributed by atoms with Crippen LogP contribution >= 0.6 is 0 Å². The van der Waals surface area contributed by atoms with E-state index in [1.807, 2.05) is 0 Å². The van der Waals surface area contributed by atoms with Crippen LogP contribution < -0.4 is 5.73 Å². The number of nitrogens with zero attached hydrogens (tertiary/aromatic N) is 1. The second-order valence-corrected chi connectivity index (χ2v) is 7.68. The van der Waals surface area contributed by atoms with Gasteiger partial charge >= 0.3 is 0 Å². The number of aromatic nitrogens is 1. The summed E-state index contributed by atoms with van der Waals surface area (Å²) in [5.74, 6) is 0.816. The van der Waals surface area contributed by atoms with Gasteiger partial charge in [-0.3, -0.25) is 0 Å². The number of fused-ring (bicyclic) bond motifs is 1. The number of aryl methyl sites for hydroxylation is 1. The van der Waals surface area contributed by atoms with Gasteiger partial charge in [0.2, 0.25) is 0 Å². The van der Waals surface area contributed by atoms with Crippen molar-refractivity contribution >= 4 is 0 Å². The summed E-state index contributed by atoms with van der Waals surface area (Å²) in [5.41, 5.74) is 11.2. The lowest BCUT2D eigenvalue weighted by atomic mass is 9.74. The molecule has 1 saturated carbocycles. The van der Waals surface area contributed by atoms with E-state index < -0.39 is 0 Å². The molecule has 2 N–H and O–H groups in total. The Balaban J connectivity index is 2.07. The van der Waals surface area contributed by atoms with Crippen LogP contribution in [0.4, 0.5) is 0 Å². The van der Waals surface area contributed by atoms with Crippen molar-refractivity contribution in [1.29, 1.82) is 0 Å². The van der Waals surface area contributed by atoms with Crippen molar-refractivity contribution < 1.29 is 0 Å². The van der Waals surface area contributed by atoms with Crippen molar-refractivity contribution in [2.24, 2.45) is 17.1 Å². The Bertz CT molecular complexity index is 484. The normalized spacial score (nSPS) is 33.4. The zero-order valence-electron chi connectivity index (χ0n) is 12.9. The Morgan fingerprint density at radius 1 is 1.32 bits per heavy atom. The molecule has 1 fully saturated rings. The minimum atomic E-state index is 0.232. The monoisotopic (exact) mass is 260 g/mol. The van der Waals surface area contributed by atoms with E-state index in [0.29, 0.717) is 11.5 Å². The molecule has 2 nitrogen and oxygen atoms in total. The number of hydrogen-bond donors (Lipinski definition) is 1. The average Bonchev–Trinajstić information content (AvgIpc) is 2.81. The SMILES string of the molecule is Cc1cc2c(n1C1CCCC1C)CC(C)(C)CC2N. The Kier molecular flexibility index (Phi) is 3.05. The highest BCUT2D eigenvalue weighted by Gasteiger charge is 2.36. The van der Waals surface area contributed by atoms with Crippen LogP contribution in [0.5, 0.6) is 0 Å². The highest BCUT2D eigenvalue weighted by Crippen LogP contribution is 2.45. The van der Waals surface area contributed by atoms with E-state index in [-0.39, 0.29) is 6.04 Å². The molecule has 106 valence electrons. The Labute approximate surface area is 117 Å². The maximum atomic E-state index is 6.42. The van der Waals surface area contributed by atoms with E-state index in [1.54, 1.807) is 5.69 Å². The molecule has 2 aliphatic rings. The number of hydrogen-bond acceptors (Lipinski definition) is 1. The first-order valence-corrected chi connectivity index (χ1v) is 7.85. The zero-order chi connectivity index (χ0) is 13.8. The van der Waals surface area contributed by atoms with Crippen molar-refractivity contribution in [3.8, 4) is 0 Å². The summed E-state index contributed by atoms with van der Waals surface area (Å²) in [6, 6.07) is 3.31. The fraction of sp³-hybridized carbons (Fsp3) is 0.765. The minimum absolute atomic E-state index is 0.232. The lowest BCUT2D eigenvalue weighted by molar-refractivity contribution is 0.266. The lowest BCUT2D eigenvalue weighted by Gasteiger charge is -2.36. The largest absolute Gasteiger partial charge is 0.345 e. The van der Waals surface area contributed by atoms with Crippen LogP contribution in [0.15, 0.2) is 6.07 Å². The topological polar surface area (TPSA) is 30.9 Å². The Hall–Kier alpha value is -0.760. The van der Waals surface area contributed by atoms with Gasteiger partial charge in [-0.25, -0.2) is 0 Å². The summed E-state index contributed by atoms with van der Waals surface area (Å²) in [5, 5.41) is 0. The molecule has 0 radical (unpaired) electrons. The molecule has 0 spiro atoms. The van der Waals surface area contributed by atoms with E-state index in [0.717, 1.165) is 12.3 Å². The molecule has 2 heteroatoms. The summed E-state index contributed by atoms with van der Waals surface area (Å²) in [6.07, 6.45) is 6.41. The smallest absolute Gasteiger partial charge is 0.0361 e. The maximum absolute atomic E-state index is 6.42. The molecule has 0 saturated heterocycles. The van der Waals surface area contributed by atoms with Crippen LogP contribution in [0.1, 0.15) is 75.5 Å². The minimum Gasteiger partial charge on any atom is -0.345 e. The third kappa shape index (κ3) is 2.14. The molecule has 0 amide bonds. The van der Waals surface area contributed by atoms with Gasteiger partial charge in [0.05, 0.1) is 0 Å². The van der Waals surface area contributed by atoms with Crippen LogP contribution in [0.3, 0.4) is 0 Å².